The van der Waals surface area contributed by atoms with Crippen molar-refractivity contribution in [1.29, 1.82) is 0 Å². The van der Waals surface area contributed by atoms with Crippen LogP contribution in [0.4, 0.5) is 0 Å². The second kappa shape index (κ2) is 4.54. The molecule has 0 spiro atoms. The van der Waals surface area contributed by atoms with Gasteiger partial charge in [-0.2, -0.15) is 0 Å². The number of nitrogens with zero attached hydrogens (tertiary/aromatic N) is 1. The number of carboxylic acid groups (broad SMARTS) is 1. The van der Waals surface area contributed by atoms with Crippen molar-refractivity contribution in [2.24, 2.45) is 0 Å². The summed E-state index contributed by atoms with van der Waals surface area (Å²) in [6, 6.07) is 0.0796. The van der Waals surface area contributed by atoms with E-state index >= 15 is 0 Å². The third-order valence-electron chi connectivity index (χ3n) is 1.49. The molecule has 0 aliphatic heterocycles. The van der Waals surface area contributed by atoms with Crippen LogP contribution in [0.3, 0.4) is 0 Å². The summed E-state index contributed by atoms with van der Waals surface area (Å²) in [7, 11) is 1.62. The van der Waals surface area contributed by atoms with Gasteiger partial charge in [0.15, 0.2) is 0 Å². The summed E-state index contributed by atoms with van der Waals surface area (Å²) >= 11 is 0. The van der Waals surface area contributed by atoms with Gasteiger partial charge in [0.1, 0.15) is 0 Å². The summed E-state index contributed by atoms with van der Waals surface area (Å²) in [6.07, 6.45) is 1.88. The molecule has 0 unspecified atom stereocenters. The maximum Gasteiger partial charge on any atom is 0.328 e. The molecule has 0 heterocycles. The zero-order valence-corrected chi connectivity index (χ0v) is 7.44. The molecule has 1 N–H and O–H groups in total. The van der Waals surface area contributed by atoms with E-state index < -0.39 is 5.97 Å². The Morgan fingerprint density at radius 2 is 1.83 bits per heavy atom. The van der Waals surface area contributed by atoms with Gasteiger partial charge in [-0.15, -0.1) is 0 Å². The maximum absolute atomic E-state index is 11.1. The first kappa shape index (κ1) is 10.7. The highest BCUT2D eigenvalue weighted by Crippen LogP contribution is 1.94. The van der Waals surface area contributed by atoms with Gasteiger partial charge in [0.05, 0.1) is 0 Å². The van der Waals surface area contributed by atoms with Gasteiger partial charge < -0.3 is 10.0 Å². The summed E-state index contributed by atoms with van der Waals surface area (Å²) in [6.45, 7) is 3.71. The molecule has 0 aromatic carbocycles. The van der Waals surface area contributed by atoms with Crippen LogP contribution in [0.25, 0.3) is 0 Å². The molecule has 0 aromatic rings. The third-order valence-corrected chi connectivity index (χ3v) is 1.49. The largest absolute Gasteiger partial charge is 0.478 e. The number of aliphatic carboxylic acids is 1. The lowest BCUT2D eigenvalue weighted by atomic mass is 10.3. The molecule has 0 fully saturated rings. The normalized spacial score (nSPS) is 10.7. The van der Waals surface area contributed by atoms with Gasteiger partial charge in [0.25, 0.3) is 0 Å². The summed E-state index contributed by atoms with van der Waals surface area (Å²) in [5, 5.41) is 8.23. The standard InChI is InChI=1S/C8H13NO3/c1-6(2)9(3)7(10)4-5-8(11)12/h4-6H,1-3H3,(H,11,12). The van der Waals surface area contributed by atoms with Gasteiger partial charge in [-0.3, -0.25) is 4.79 Å². The molecule has 0 aliphatic carbocycles. The van der Waals surface area contributed by atoms with Crippen molar-refractivity contribution >= 4 is 11.9 Å². The van der Waals surface area contributed by atoms with E-state index in [2.05, 4.69) is 0 Å². The molecular weight excluding hydrogens is 158 g/mol. The van der Waals surface area contributed by atoms with Crippen LogP contribution in [-0.2, 0) is 9.59 Å². The average Bonchev–Trinajstić information content (AvgIpc) is 1.98. The van der Waals surface area contributed by atoms with Crippen LogP contribution in [-0.4, -0.2) is 35.0 Å². The van der Waals surface area contributed by atoms with E-state index in [1.807, 2.05) is 13.8 Å². The van der Waals surface area contributed by atoms with Crippen LogP contribution in [0, 0.1) is 0 Å². The fourth-order valence-electron chi connectivity index (χ4n) is 0.515. The zero-order chi connectivity index (χ0) is 9.72. The molecule has 0 aromatic heterocycles. The highest BCUT2D eigenvalue weighted by molar-refractivity contribution is 5.93. The molecular formula is C8H13NO3. The molecule has 4 heteroatoms. The monoisotopic (exact) mass is 171 g/mol. The van der Waals surface area contributed by atoms with Crippen molar-refractivity contribution in [2.75, 3.05) is 7.05 Å². The summed E-state index contributed by atoms with van der Waals surface area (Å²) in [5.74, 6) is -1.41. The van der Waals surface area contributed by atoms with E-state index in [4.69, 9.17) is 5.11 Å². The molecule has 0 atom stereocenters. The van der Waals surface area contributed by atoms with E-state index in [1.165, 1.54) is 4.90 Å². The van der Waals surface area contributed by atoms with E-state index in [9.17, 15) is 9.59 Å². The SMILES string of the molecule is CC(C)N(C)C(=O)C=CC(=O)O. The summed E-state index contributed by atoms with van der Waals surface area (Å²) in [5.41, 5.74) is 0. The Morgan fingerprint density at radius 1 is 1.33 bits per heavy atom. The van der Waals surface area contributed by atoms with Crippen LogP contribution in [0.15, 0.2) is 12.2 Å². The van der Waals surface area contributed by atoms with Crippen LogP contribution in [0.5, 0.6) is 0 Å². The molecule has 0 rings (SSSR count). The Kier molecular flexibility index (Phi) is 4.04. The summed E-state index contributed by atoms with van der Waals surface area (Å²) < 4.78 is 0. The molecule has 12 heavy (non-hydrogen) atoms. The number of rotatable bonds is 3. The highest BCUT2D eigenvalue weighted by atomic mass is 16.4. The van der Waals surface area contributed by atoms with E-state index in [1.54, 1.807) is 7.05 Å². The average molecular weight is 171 g/mol. The number of hydrogen-bond acceptors (Lipinski definition) is 2. The predicted molar refractivity (Wildman–Crippen MR) is 44.7 cm³/mol. The van der Waals surface area contributed by atoms with Crippen molar-refractivity contribution in [2.45, 2.75) is 19.9 Å². The molecule has 0 saturated carbocycles. The van der Waals surface area contributed by atoms with Crippen molar-refractivity contribution in [3.63, 3.8) is 0 Å². The first-order chi connectivity index (χ1) is 5.45. The number of carbonyl (C=O) groups excluding carboxylic acids is 1. The minimum atomic E-state index is -1.11. The zero-order valence-electron chi connectivity index (χ0n) is 7.44. The van der Waals surface area contributed by atoms with Crippen LogP contribution < -0.4 is 0 Å². The van der Waals surface area contributed by atoms with Crippen molar-refractivity contribution in [1.82, 2.24) is 4.90 Å². The molecule has 68 valence electrons. The van der Waals surface area contributed by atoms with Gasteiger partial charge in [-0.05, 0) is 13.8 Å². The van der Waals surface area contributed by atoms with Crippen LogP contribution in [0.1, 0.15) is 13.8 Å². The highest BCUT2D eigenvalue weighted by Gasteiger charge is 2.07. The van der Waals surface area contributed by atoms with Gasteiger partial charge >= 0.3 is 5.97 Å². The van der Waals surface area contributed by atoms with Crippen molar-refractivity contribution < 1.29 is 14.7 Å². The molecule has 1 amide bonds. The quantitative estimate of drug-likeness (QED) is 0.629. The minimum absolute atomic E-state index is 0.0796. The maximum atomic E-state index is 11.1. The van der Waals surface area contributed by atoms with Crippen molar-refractivity contribution in [3.8, 4) is 0 Å². The Labute approximate surface area is 71.5 Å². The van der Waals surface area contributed by atoms with Crippen LogP contribution in [0.2, 0.25) is 0 Å². The second-order valence-electron chi connectivity index (χ2n) is 2.71. The molecule has 0 radical (unpaired) electrons. The lowest BCUT2D eigenvalue weighted by Gasteiger charge is -2.19. The van der Waals surface area contributed by atoms with Crippen LogP contribution >= 0.6 is 0 Å². The first-order valence-electron chi connectivity index (χ1n) is 3.63. The fraction of sp³-hybridized carbons (Fsp3) is 0.500. The lowest BCUT2D eigenvalue weighted by molar-refractivity contribution is -0.132. The number of hydrogen-bond donors (Lipinski definition) is 1. The predicted octanol–water partition coefficient (Wildman–Crippen LogP) is 0.494. The Morgan fingerprint density at radius 3 is 2.17 bits per heavy atom. The number of carbonyl (C=O) groups is 2. The molecule has 0 aliphatic rings. The molecule has 0 saturated heterocycles. The molecule has 4 nitrogen and oxygen atoms in total. The Balaban J connectivity index is 4.13. The molecule has 0 bridgehead atoms. The van der Waals surface area contributed by atoms with E-state index in [-0.39, 0.29) is 11.9 Å². The topological polar surface area (TPSA) is 57.6 Å². The van der Waals surface area contributed by atoms with E-state index in [0.29, 0.717) is 0 Å². The fourth-order valence-corrected chi connectivity index (χ4v) is 0.515. The van der Waals surface area contributed by atoms with Crippen molar-refractivity contribution in [3.05, 3.63) is 12.2 Å². The minimum Gasteiger partial charge on any atom is -0.478 e. The number of likely N-dealkylation sites (N-methyl/N-ethyl adjacent to an activating group) is 1. The summed E-state index contributed by atoms with van der Waals surface area (Å²) in [4.78, 5) is 22.6. The Hall–Kier alpha value is -1.32. The smallest absolute Gasteiger partial charge is 0.328 e. The third kappa shape index (κ3) is 3.75. The van der Waals surface area contributed by atoms with Gasteiger partial charge in [0, 0.05) is 25.2 Å². The number of carboxylic acids is 1. The Bertz CT molecular complexity index is 208. The second-order valence-corrected chi connectivity index (χ2v) is 2.71. The first-order valence-corrected chi connectivity index (χ1v) is 3.63. The van der Waals surface area contributed by atoms with Gasteiger partial charge in [-0.25, -0.2) is 4.79 Å². The van der Waals surface area contributed by atoms with Gasteiger partial charge in [0.2, 0.25) is 5.91 Å². The van der Waals surface area contributed by atoms with E-state index in [0.717, 1.165) is 12.2 Å². The van der Waals surface area contributed by atoms with Gasteiger partial charge in [-0.1, -0.05) is 0 Å². The lowest BCUT2D eigenvalue weighted by Crippen LogP contribution is -2.31. The number of amides is 1.